The number of rotatable bonds is 9. The van der Waals surface area contributed by atoms with Gasteiger partial charge in [0.15, 0.2) is 0 Å². The fourth-order valence-electron chi connectivity index (χ4n) is 3.90. The van der Waals surface area contributed by atoms with Gasteiger partial charge in [-0.15, -0.1) is 0 Å². The summed E-state index contributed by atoms with van der Waals surface area (Å²) in [5.74, 6) is 2.17. The molecule has 35 heavy (non-hydrogen) atoms. The van der Waals surface area contributed by atoms with Gasteiger partial charge in [-0.3, -0.25) is 9.69 Å². The van der Waals surface area contributed by atoms with E-state index in [0.29, 0.717) is 48.7 Å². The molecule has 4 rings (SSSR count). The third kappa shape index (κ3) is 6.52. The molecule has 186 valence electrons. The van der Waals surface area contributed by atoms with Crippen LogP contribution in [0.1, 0.15) is 39.2 Å². The van der Waals surface area contributed by atoms with Crippen LogP contribution < -0.4 is 9.47 Å². The van der Waals surface area contributed by atoms with E-state index in [9.17, 15) is 4.79 Å². The maximum absolute atomic E-state index is 11.6. The van der Waals surface area contributed by atoms with Gasteiger partial charge in [0.2, 0.25) is 5.82 Å². The minimum Gasteiger partial charge on any atom is -0.492 e. The van der Waals surface area contributed by atoms with Gasteiger partial charge in [0, 0.05) is 36.2 Å². The Kier molecular flexibility index (Phi) is 8.25. The molecule has 0 amide bonds. The van der Waals surface area contributed by atoms with Gasteiger partial charge in [0.05, 0.1) is 17.7 Å². The summed E-state index contributed by atoms with van der Waals surface area (Å²) in [4.78, 5) is 18.5. The molecular weight excluding hydrogens is 470 g/mol. The Bertz CT molecular complexity index is 1160. The minimum absolute atomic E-state index is 0.0269. The molecule has 8 nitrogen and oxygen atoms in total. The molecule has 9 heteroatoms. The normalized spacial score (nSPS) is 13.7. The van der Waals surface area contributed by atoms with Crippen LogP contribution in [0, 0.1) is 0 Å². The van der Waals surface area contributed by atoms with Crippen molar-refractivity contribution in [3.8, 4) is 34.3 Å². The van der Waals surface area contributed by atoms with E-state index in [-0.39, 0.29) is 12.1 Å². The van der Waals surface area contributed by atoms with Crippen LogP contribution in [0.2, 0.25) is 5.02 Å². The van der Waals surface area contributed by atoms with Gasteiger partial charge >= 0.3 is 5.97 Å². The molecule has 1 aromatic heterocycles. The lowest BCUT2D eigenvalue weighted by molar-refractivity contribution is -0.143. The molecule has 3 aromatic rings. The third-order valence-electron chi connectivity index (χ3n) is 5.51. The van der Waals surface area contributed by atoms with E-state index in [1.165, 1.54) is 0 Å². The van der Waals surface area contributed by atoms with Crippen molar-refractivity contribution >= 4 is 17.6 Å². The van der Waals surface area contributed by atoms with Crippen LogP contribution in [0.5, 0.6) is 11.5 Å². The number of fused-ring (bicyclic) bond motifs is 1. The van der Waals surface area contributed by atoms with Gasteiger partial charge < -0.3 is 18.7 Å². The zero-order valence-corrected chi connectivity index (χ0v) is 21.0. The number of hydrogen-bond acceptors (Lipinski definition) is 8. The van der Waals surface area contributed by atoms with Crippen LogP contribution in [0.3, 0.4) is 0 Å². The SMILES string of the molecule is CCOC(=O)CCCN1CCOc2ccc(-c3noc(-c4ccc(OC(C)C)c(Cl)c4)n3)cc2C1. The number of benzene rings is 2. The number of ether oxygens (including phenoxy) is 3. The molecule has 2 aromatic carbocycles. The van der Waals surface area contributed by atoms with Crippen molar-refractivity contribution in [2.45, 2.75) is 46.3 Å². The van der Waals surface area contributed by atoms with Gasteiger partial charge in [-0.05, 0) is 70.1 Å². The predicted octanol–water partition coefficient (Wildman–Crippen LogP) is 5.38. The molecule has 0 spiro atoms. The second-order valence-electron chi connectivity index (χ2n) is 8.59. The summed E-state index contributed by atoms with van der Waals surface area (Å²) in [7, 11) is 0. The fourth-order valence-corrected chi connectivity index (χ4v) is 4.13. The van der Waals surface area contributed by atoms with Gasteiger partial charge in [-0.1, -0.05) is 16.8 Å². The van der Waals surface area contributed by atoms with E-state index in [2.05, 4.69) is 15.0 Å². The maximum atomic E-state index is 11.6. The quantitative estimate of drug-likeness (QED) is 0.362. The smallest absolute Gasteiger partial charge is 0.305 e. The molecule has 1 aliphatic heterocycles. The Hall–Kier alpha value is -3.10. The van der Waals surface area contributed by atoms with Crippen LogP contribution in [-0.2, 0) is 16.1 Å². The lowest BCUT2D eigenvalue weighted by Crippen LogP contribution is -2.27. The Balaban J connectivity index is 1.46. The van der Waals surface area contributed by atoms with Crippen LogP contribution in [0.4, 0.5) is 0 Å². The maximum Gasteiger partial charge on any atom is 0.305 e. The first-order valence-corrected chi connectivity index (χ1v) is 12.2. The number of carbonyl (C=O) groups is 1. The molecule has 0 fully saturated rings. The summed E-state index contributed by atoms with van der Waals surface area (Å²) < 4.78 is 22.2. The van der Waals surface area contributed by atoms with E-state index in [4.69, 9.17) is 30.3 Å². The summed E-state index contributed by atoms with van der Waals surface area (Å²) in [6.45, 7) is 9.00. The topological polar surface area (TPSA) is 86.9 Å². The monoisotopic (exact) mass is 499 g/mol. The van der Waals surface area contributed by atoms with Crippen molar-refractivity contribution < 1.29 is 23.5 Å². The minimum atomic E-state index is -0.155. The molecule has 0 bridgehead atoms. The molecule has 0 radical (unpaired) electrons. The number of nitrogens with zero attached hydrogens (tertiary/aromatic N) is 3. The summed E-state index contributed by atoms with van der Waals surface area (Å²) in [6, 6.07) is 11.3. The molecule has 1 aliphatic rings. The lowest BCUT2D eigenvalue weighted by Gasteiger charge is -2.19. The lowest BCUT2D eigenvalue weighted by atomic mass is 10.1. The molecule has 0 saturated carbocycles. The molecule has 0 saturated heterocycles. The number of hydrogen-bond donors (Lipinski definition) is 0. The molecule has 0 unspecified atom stereocenters. The molecule has 0 N–H and O–H groups in total. The molecular formula is C26H30ClN3O5. The highest BCUT2D eigenvalue weighted by atomic mass is 35.5. The highest BCUT2D eigenvalue weighted by Gasteiger charge is 2.19. The van der Waals surface area contributed by atoms with Crippen molar-refractivity contribution in [2.24, 2.45) is 0 Å². The van der Waals surface area contributed by atoms with Gasteiger partial charge in [-0.2, -0.15) is 4.98 Å². The van der Waals surface area contributed by atoms with Crippen molar-refractivity contribution in [1.82, 2.24) is 15.0 Å². The number of esters is 1. The highest BCUT2D eigenvalue weighted by Crippen LogP contribution is 2.32. The Labute approximate surface area is 210 Å². The van der Waals surface area contributed by atoms with E-state index < -0.39 is 0 Å². The molecule has 0 aliphatic carbocycles. The average Bonchev–Trinajstić information content (AvgIpc) is 3.22. The van der Waals surface area contributed by atoms with Crippen LogP contribution >= 0.6 is 11.6 Å². The van der Waals surface area contributed by atoms with Crippen LogP contribution in [0.15, 0.2) is 40.9 Å². The van der Waals surface area contributed by atoms with E-state index >= 15 is 0 Å². The van der Waals surface area contributed by atoms with Crippen molar-refractivity contribution in [1.29, 1.82) is 0 Å². The number of carbonyl (C=O) groups excluding carboxylic acids is 1. The zero-order valence-electron chi connectivity index (χ0n) is 20.3. The van der Waals surface area contributed by atoms with Crippen molar-refractivity contribution in [3.63, 3.8) is 0 Å². The zero-order chi connectivity index (χ0) is 24.8. The number of aromatic nitrogens is 2. The predicted molar refractivity (Wildman–Crippen MR) is 133 cm³/mol. The summed E-state index contributed by atoms with van der Waals surface area (Å²) in [6.07, 6.45) is 1.18. The van der Waals surface area contributed by atoms with Gasteiger partial charge in [0.1, 0.15) is 18.1 Å². The standard InChI is InChI=1S/C26H30ClN3O5/c1-4-32-24(31)6-5-11-30-12-13-33-22-9-7-18(14-20(22)16-30)25-28-26(35-29-25)19-8-10-23(21(27)15-19)34-17(2)3/h7-10,14-15,17H,4-6,11-13,16H2,1-3H3. The first-order chi connectivity index (χ1) is 16.9. The Morgan fingerprint density at radius 2 is 2.03 bits per heavy atom. The first-order valence-electron chi connectivity index (χ1n) is 11.9. The van der Waals surface area contributed by atoms with Crippen LogP contribution in [0.25, 0.3) is 22.8 Å². The second-order valence-corrected chi connectivity index (χ2v) is 9.00. The van der Waals surface area contributed by atoms with E-state index in [1.807, 2.05) is 45.0 Å². The summed E-state index contributed by atoms with van der Waals surface area (Å²) in [5, 5.41) is 4.66. The summed E-state index contributed by atoms with van der Waals surface area (Å²) >= 11 is 6.37. The van der Waals surface area contributed by atoms with E-state index in [1.54, 1.807) is 12.1 Å². The number of halogens is 1. The first kappa shape index (κ1) is 25.0. The third-order valence-corrected chi connectivity index (χ3v) is 5.80. The average molecular weight is 500 g/mol. The highest BCUT2D eigenvalue weighted by molar-refractivity contribution is 6.32. The molecule has 2 heterocycles. The van der Waals surface area contributed by atoms with E-state index in [0.717, 1.165) is 42.0 Å². The Morgan fingerprint density at radius 1 is 1.20 bits per heavy atom. The molecule has 0 atom stereocenters. The van der Waals surface area contributed by atoms with Crippen LogP contribution in [-0.4, -0.2) is 53.4 Å². The van der Waals surface area contributed by atoms with Crippen molar-refractivity contribution in [2.75, 3.05) is 26.3 Å². The summed E-state index contributed by atoms with van der Waals surface area (Å²) in [5.41, 5.74) is 2.60. The van der Waals surface area contributed by atoms with Crippen molar-refractivity contribution in [3.05, 3.63) is 47.0 Å². The van der Waals surface area contributed by atoms with Gasteiger partial charge in [-0.25, -0.2) is 0 Å². The Morgan fingerprint density at radius 3 is 2.80 bits per heavy atom. The van der Waals surface area contributed by atoms with Gasteiger partial charge in [0.25, 0.3) is 5.89 Å². The second kappa shape index (κ2) is 11.6. The largest absolute Gasteiger partial charge is 0.492 e. The fraction of sp³-hybridized carbons (Fsp3) is 0.423.